The summed E-state index contributed by atoms with van der Waals surface area (Å²) in [6.07, 6.45) is 1.21. The molecule has 0 atom stereocenters. The first-order chi connectivity index (χ1) is 10.3. The minimum absolute atomic E-state index is 0.233. The highest BCUT2D eigenvalue weighted by molar-refractivity contribution is 7.85. The quantitative estimate of drug-likeness (QED) is 0.499. The molecule has 3 N–H and O–H groups in total. The van der Waals surface area contributed by atoms with E-state index in [1.807, 2.05) is 0 Å². The van der Waals surface area contributed by atoms with Gasteiger partial charge in [0.05, 0.1) is 4.90 Å². The number of rotatable bonds is 4. The van der Waals surface area contributed by atoms with Crippen molar-refractivity contribution < 1.29 is 22.2 Å². The van der Waals surface area contributed by atoms with Crippen molar-refractivity contribution in [1.82, 2.24) is 0 Å². The molecule has 0 aliphatic rings. The molecule has 0 bridgehead atoms. The van der Waals surface area contributed by atoms with Crippen LogP contribution in [-0.4, -0.2) is 18.9 Å². The van der Waals surface area contributed by atoms with E-state index < -0.39 is 16.0 Å². The van der Waals surface area contributed by atoms with Crippen LogP contribution < -0.4 is 5.73 Å². The molecule has 0 saturated carbocycles. The van der Waals surface area contributed by atoms with Crippen molar-refractivity contribution in [2.24, 2.45) is 5.73 Å². The molecule has 2 rings (SSSR count). The second kappa shape index (κ2) is 5.85. The number of nitrogens with two attached hydrogens (primary N) is 1. The van der Waals surface area contributed by atoms with Crippen molar-refractivity contribution in [3.63, 3.8) is 0 Å². The molecule has 0 aliphatic heterocycles. The Morgan fingerprint density at radius 2 is 1.86 bits per heavy atom. The van der Waals surface area contributed by atoms with Crippen LogP contribution in [0.1, 0.15) is 5.76 Å². The number of hydrogen-bond acceptors (Lipinski definition) is 5. The van der Waals surface area contributed by atoms with Gasteiger partial charge in [-0.15, -0.1) is 0 Å². The van der Waals surface area contributed by atoms with Crippen molar-refractivity contribution in [3.8, 4) is 17.4 Å². The van der Waals surface area contributed by atoms with E-state index in [4.69, 9.17) is 20.0 Å². The molecule has 0 aliphatic carbocycles. The SMILES string of the molecule is N#C/C(=C\c1ccc(-c2ccc(S(=O)(=O)O)cc2)o1)C(N)=O. The summed E-state index contributed by atoms with van der Waals surface area (Å²) in [6, 6.07) is 10.1. The number of carbonyl (C=O) groups excluding carboxylic acids is 1. The Hall–Kier alpha value is -2.89. The van der Waals surface area contributed by atoms with Crippen LogP contribution in [0.4, 0.5) is 0 Å². The number of benzene rings is 1. The van der Waals surface area contributed by atoms with Gasteiger partial charge in [0.25, 0.3) is 16.0 Å². The Labute approximate surface area is 126 Å². The van der Waals surface area contributed by atoms with Crippen molar-refractivity contribution in [2.45, 2.75) is 4.90 Å². The van der Waals surface area contributed by atoms with Gasteiger partial charge in [0.15, 0.2) is 0 Å². The number of hydrogen-bond donors (Lipinski definition) is 2. The van der Waals surface area contributed by atoms with Gasteiger partial charge in [-0.2, -0.15) is 13.7 Å². The van der Waals surface area contributed by atoms with Crippen molar-refractivity contribution in [3.05, 3.63) is 47.7 Å². The Bertz CT molecular complexity index is 886. The van der Waals surface area contributed by atoms with Crippen molar-refractivity contribution >= 4 is 22.1 Å². The van der Waals surface area contributed by atoms with E-state index in [2.05, 4.69) is 0 Å². The van der Waals surface area contributed by atoms with E-state index in [9.17, 15) is 13.2 Å². The monoisotopic (exact) mass is 318 g/mol. The lowest BCUT2D eigenvalue weighted by atomic mass is 10.2. The molecular formula is C14H10N2O5S. The number of nitrogens with zero attached hydrogens (tertiary/aromatic N) is 1. The minimum atomic E-state index is -4.25. The van der Waals surface area contributed by atoms with Crippen LogP contribution in [0.25, 0.3) is 17.4 Å². The molecule has 1 amide bonds. The maximum atomic E-state index is 11.0. The van der Waals surface area contributed by atoms with Gasteiger partial charge in [-0.05, 0) is 36.4 Å². The van der Waals surface area contributed by atoms with Crippen molar-refractivity contribution in [2.75, 3.05) is 0 Å². The summed E-state index contributed by atoms with van der Waals surface area (Å²) in [5.74, 6) is -0.211. The van der Waals surface area contributed by atoms with Crippen LogP contribution in [0.2, 0.25) is 0 Å². The molecule has 1 aromatic heterocycles. The van der Waals surface area contributed by atoms with Crippen molar-refractivity contribution in [1.29, 1.82) is 5.26 Å². The topological polar surface area (TPSA) is 134 Å². The average Bonchev–Trinajstić information content (AvgIpc) is 2.92. The van der Waals surface area contributed by atoms with Crippen LogP contribution in [-0.2, 0) is 14.9 Å². The number of primary amides is 1. The molecule has 112 valence electrons. The van der Waals surface area contributed by atoms with Gasteiger partial charge >= 0.3 is 0 Å². The third kappa shape index (κ3) is 3.41. The molecular weight excluding hydrogens is 308 g/mol. The van der Waals surface area contributed by atoms with E-state index in [-0.39, 0.29) is 16.2 Å². The fraction of sp³-hybridized carbons (Fsp3) is 0. The number of furan rings is 1. The lowest BCUT2D eigenvalue weighted by Gasteiger charge is -1.99. The zero-order valence-electron chi connectivity index (χ0n) is 11.1. The average molecular weight is 318 g/mol. The molecule has 8 heteroatoms. The molecule has 0 saturated heterocycles. The highest BCUT2D eigenvalue weighted by atomic mass is 32.2. The van der Waals surface area contributed by atoms with Gasteiger partial charge < -0.3 is 10.2 Å². The third-order valence-electron chi connectivity index (χ3n) is 2.74. The lowest BCUT2D eigenvalue weighted by Crippen LogP contribution is -2.12. The molecule has 7 nitrogen and oxygen atoms in total. The highest BCUT2D eigenvalue weighted by Gasteiger charge is 2.11. The molecule has 2 aromatic rings. The lowest BCUT2D eigenvalue weighted by molar-refractivity contribution is -0.114. The molecule has 0 unspecified atom stereocenters. The van der Waals surface area contributed by atoms with Crippen LogP contribution in [0.5, 0.6) is 0 Å². The summed E-state index contributed by atoms with van der Waals surface area (Å²) in [5.41, 5.74) is 5.33. The number of nitriles is 1. The largest absolute Gasteiger partial charge is 0.457 e. The molecule has 1 aromatic carbocycles. The Morgan fingerprint density at radius 3 is 2.36 bits per heavy atom. The van der Waals surface area contributed by atoms with E-state index in [1.54, 1.807) is 12.1 Å². The Kier molecular flexibility index (Phi) is 4.12. The standard InChI is InChI=1S/C14H10N2O5S/c15-8-10(14(16)17)7-11-3-6-13(21-11)9-1-4-12(5-2-9)22(18,19)20/h1-7H,(H2,16,17)(H,18,19,20)/b10-7+. The Morgan fingerprint density at radius 1 is 1.23 bits per heavy atom. The van der Waals surface area contributed by atoms with Gasteiger partial charge in [-0.3, -0.25) is 9.35 Å². The highest BCUT2D eigenvalue weighted by Crippen LogP contribution is 2.24. The smallest absolute Gasteiger partial charge is 0.294 e. The maximum absolute atomic E-state index is 11.0. The minimum Gasteiger partial charge on any atom is -0.457 e. The molecule has 0 spiro atoms. The molecule has 0 radical (unpaired) electrons. The fourth-order valence-corrected chi connectivity index (χ4v) is 2.16. The fourth-order valence-electron chi connectivity index (χ4n) is 1.68. The summed E-state index contributed by atoms with van der Waals surface area (Å²) in [6.45, 7) is 0. The number of amides is 1. The van der Waals surface area contributed by atoms with Gasteiger partial charge in [0, 0.05) is 11.6 Å². The van der Waals surface area contributed by atoms with E-state index in [1.165, 1.54) is 36.4 Å². The van der Waals surface area contributed by atoms with E-state index in [0.29, 0.717) is 11.3 Å². The second-order valence-corrected chi connectivity index (χ2v) is 5.66. The first-order valence-electron chi connectivity index (χ1n) is 5.90. The first kappa shape index (κ1) is 15.5. The first-order valence-corrected chi connectivity index (χ1v) is 7.34. The molecule has 0 fully saturated rings. The zero-order valence-corrected chi connectivity index (χ0v) is 11.9. The van der Waals surface area contributed by atoms with Crippen LogP contribution in [0.15, 0.2) is 51.3 Å². The molecule has 22 heavy (non-hydrogen) atoms. The zero-order chi connectivity index (χ0) is 16.3. The van der Waals surface area contributed by atoms with Gasteiger partial charge in [0.2, 0.25) is 0 Å². The molecule has 1 heterocycles. The summed E-state index contributed by atoms with van der Waals surface area (Å²) >= 11 is 0. The summed E-state index contributed by atoms with van der Waals surface area (Å²) in [7, 11) is -4.25. The second-order valence-electron chi connectivity index (χ2n) is 4.24. The Balaban J connectivity index is 2.33. The van der Waals surface area contributed by atoms with Gasteiger partial charge in [0.1, 0.15) is 23.2 Å². The van der Waals surface area contributed by atoms with Crippen LogP contribution >= 0.6 is 0 Å². The van der Waals surface area contributed by atoms with Crippen LogP contribution in [0.3, 0.4) is 0 Å². The summed E-state index contributed by atoms with van der Waals surface area (Å²) in [5, 5.41) is 8.75. The maximum Gasteiger partial charge on any atom is 0.294 e. The van der Waals surface area contributed by atoms with Gasteiger partial charge in [-0.25, -0.2) is 0 Å². The predicted octanol–water partition coefficient (Wildman–Crippen LogP) is 1.59. The van der Waals surface area contributed by atoms with E-state index in [0.717, 1.165) is 0 Å². The van der Waals surface area contributed by atoms with Crippen LogP contribution in [0, 0.1) is 11.3 Å². The number of carbonyl (C=O) groups is 1. The van der Waals surface area contributed by atoms with E-state index >= 15 is 0 Å². The third-order valence-corrected chi connectivity index (χ3v) is 3.60. The van der Waals surface area contributed by atoms with Gasteiger partial charge in [-0.1, -0.05) is 0 Å². The summed E-state index contributed by atoms with van der Waals surface area (Å²) in [4.78, 5) is 10.7. The summed E-state index contributed by atoms with van der Waals surface area (Å²) < 4.78 is 36.2. The predicted molar refractivity (Wildman–Crippen MR) is 76.7 cm³/mol. The normalized spacial score (nSPS) is 11.9.